The van der Waals surface area contributed by atoms with E-state index in [4.69, 9.17) is 4.74 Å². The van der Waals surface area contributed by atoms with Gasteiger partial charge in [-0.15, -0.1) is 0 Å². The number of aromatic nitrogens is 2. The molecule has 1 aliphatic heterocycles. The van der Waals surface area contributed by atoms with Crippen molar-refractivity contribution in [3.05, 3.63) is 47.8 Å². The van der Waals surface area contributed by atoms with E-state index in [0.29, 0.717) is 6.07 Å². The Hall–Kier alpha value is -1.87. The second-order valence-corrected chi connectivity index (χ2v) is 9.14. The molecule has 0 radical (unpaired) electrons. The molecular weight excluding hydrogens is 369 g/mol. The van der Waals surface area contributed by atoms with E-state index in [1.165, 1.54) is 6.07 Å². The first kappa shape index (κ1) is 18.9. The van der Waals surface area contributed by atoms with Gasteiger partial charge in [0.1, 0.15) is 6.10 Å². The van der Waals surface area contributed by atoms with Gasteiger partial charge in [-0.25, -0.2) is 8.42 Å². The van der Waals surface area contributed by atoms with E-state index in [-0.39, 0.29) is 24.3 Å². The third kappa shape index (κ3) is 3.25. The minimum absolute atomic E-state index is 0.144. The summed E-state index contributed by atoms with van der Waals surface area (Å²) < 4.78 is 71.2. The first-order valence-corrected chi connectivity index (χ1v) is 9.54. The Morgan fingerprint density at radius 2 is 2.04 bits per heavy atom. The number of benzene rings is 1. The number of hydrogen-bond donors (Lipinski definition) is 0. The second-order valence-electron chi connectivity index (χ2n) is 6.67. The molecule has 0 spiro atoms. The van der Waals surface area contributed by atoms with E-state index < -0.39 is 32.4 Å². The fourth-order valence-electron chi connectivity index (χ4n) is 3.23. The summed E-state index contributed by atoms with van der Waals surface area (Å²) in [4.78, 5) is -0.319. The Morgan fingerprint density at radius 3 is 2.65 bits per heavy atom. The quantitative estimate of drug-likeness (QED) is 0.807. The van der Waals surface area contributed by atoms with Gasteiger partial charge in [0.05, 0.1) is 20.9 Å². The minimum Gasteiger partial charge on any atom is -0.372 e. The van der Waals surface area contributed by atoms with Crippen LogP contribution < -0.4 is 0 Å². The lowest BCUT2D eigenvalue weighted by Gasteiger charge is -2.37. The number of halogens is 3. The van der Waals surface area contributed by atoms with Crippen LogP contribution in [0.4, 0.5) is 13.2 Å². The Bertz CT molecular complexity index is 908. The van der Waals surface area contributed by atoms with Gasteiger partial charge in [0, 0.05) is 19.9 Å². The smallest absolute Gasteiger partial charge is 0.372 e. The van der Waals surface area contributed by atoms with Crippen LogP contribution in [0, 0.1) is 0 Å². The van der Waals surface area contributed by atoms with Gasteiger partial charge in [0.25, 0.3) is 0 Å². The highest BCUT2D eigenvalue weighted by atomic mass is 32.2. The van der Waals surface area contributed by atoms with Crippen LogP contribution in [0.1, 0.15) is 37.1 Å². The van der Waals surface area contributed by atoms with Gasteiger partial charge < -0.3 is 4.74 Å². The molecule has 1 aliphatic rings. The molecule has 0 N–H and O–H groups in total. The summed E-state index contributed by atoms with van der Waals surface area (Å²) in [6.07, 6.45) is -3.14. The molecule has 0 aliphatic carbocycles. The molecule has 1 aromatic heterocycles. The van der Waals surface area contributed by atoms with Crippen molar-refractivity contribution in [1.29, 1.82) is 0 Å². The average molecular weight is 388 g/mol. The van der Waals surface area contributed by atoms with E-state index in [9.17, 15) is 21.6 Å². The Balaban J connectivity index is 1.97. The second kappa shape index (κ2) is 6.38. The maximum absolute atomic E-state index is 13.1. The van der Waals surface area contributed by atoms with Crippen LogP contribution >= 0.6 is 0 Å². The maximum Gasteiger partial charge on any atom is 0.416 e. The number of aryl methyl sites for hydroxylation is 1. The highest BCUT2D eigenvalue weighted by Gasteiger charge is 2.46. The Morgan fingerprint density at radius 1 is 1.31 bits per heavy atom. The number of alkyl halides is 3. The molecule has 1 aromatic carbocycles. The summed E-state index contributed by atoms with van der Waals surface area (Å²) in [5.74, 6) is 0. The van der Waals surface area contributed by atoms with Crippen LogP contribution in [0.3, 0.4) is 0 Å². The molecule has 2 heterocycles. The fourth-order valence-corrected chi connectivity index (χ4v) is 5.06. The maximum atomic E-state index is 13.1. The minimum atomic E-state index is -4.60. The van der Waals surface area contributed by atoms with Crippen LogP contribution in [0.15, 0.2) is 41.4 Å². The van der Waals surface area contributed by atoms with Gasteiger partial charge in [-0.05, 0) is 44.0 Å². The summed E-state index contributed by atoms with van der Waals surface area (Å²) in [7, 11) is -2.26. The van der Waals surface area contributed by atoms with Crippen molar-refractivity contribution < 1.29 is 26.3 Å². The summed E-state index contributed by atoms with van der Waals surface area (Å²) in [6.45, 7) is 1.76. The number of nitrogens with zero attached hydrogens (tertiary/aromatic N) is 2. The van der Waals surface area contributed by atoms with E-state index >= 15 is 0 Å². The van der Waals surface area contributed by atoms with Crippen LogP contribution in [0.25, 0.3) is 0 Å². The van der Waals surface area contributed by atoms with Crippen LogP contribution in [-0.4, -0.2) is 29.6 Å². The van der Waals surface area contributed by atoms with Gasteiger partial charge in [-0.1, -0.05) is 6.07 Å². The summed E-state index contributed by atoms with van der Waals surface area (Å²) >= 11 is 0. The predicted octanol–water partition coefficient (Wildman–Crippen LogP) is 3.52. The van der Waals surface area contributed by atoms with Gasteiger partial charge in [-0.3, -0.25) is 4.68 Å². The predicted molar refractivity (Wildman–Crippen MR) is 88.2 cm³/mol. The molecule has 0 amide bonds. The van der Waals surface area contributed by atoms with E-state index in [1.54, 1.807) is 30.9 Å². The monoisotopic (exact) mass is 388 g/mol. The Kier molecular flexibility index (Phi) is 4.64. The van der Waals surface area contributed by atoms with Crippen molar-refractivity contribution in [1.82, 2.24) is 9.78 Å². The van der Waals surface area contributed by atoms with E-state index in [2.05, 4.69) is 5.10 Å². The van der Waals surface area contributed by atoms with Crippen molar-refractivity contribution in [2.75, 3.05) is 6.61 Å². The first-order chi connectivity index (χ1) is 12.0. The number of ether oxygens (including phenoxy) is 1. The molecule has 5 nitrogen and oxygen atoms in total. The SMILES string of the molecule is Cn1nccc1C1CC(C)(S(=O)(=O)c2cccc(C(F)(F)F)c2)CCO1. The molecule has 0 bridgehead atoms. The molecule has 142 valence electrons. The largest absolute Gasteiger partial charge is 0.416 e. The summed E-state index contributed by atoms with van der Waals surface area (Å²) in [6, 6.07) is 5.65. The molecule has 0 saturated carbocycles. The highest BCUT2D eigenvalue weighted by Crippen LogP contribution is 2.42. The molecule has 9 heteroatoms. The molecule has 2 unspecified atom stereocenters. The lowest BCUT2D eigenvalue weighted by atomic mass is 9.95. The molecule has 26 heavy (non-hydrogen) atoms. The topological polar surface area (TPSA) is 61.2 Å². The molecular formula is C17H19F3N2O3S. The lowest BCUT2D eigenvalue weighted by Crippen LogP contribution is -2.42. The highest BCUT2D eigenvalue weighted by molar-refractivity contribution is 7.92. The van der Waals surface area contributed by atoms with Gasteiger partial charge >= 0.3 is 6.18 Å². The van der Waals surface area contributed by atoms with Crippen LogP contribution in [0.2, 0.25) is 0 Å². The molecule has 2 aromatic rings. The van der Waals surface area contributed by atoms with Gasteiger partial charge in [-0.2, -0.15) is 18.3 Å². The number of sulfone groups is 1. The summed E-state index contributed by atoms with van der Waals surface area (Å²) in [5.41, 5.74) is -0.243. The normalized spacial score (nSPS) is 24.6. The lowest BCUT2D eigenvalue weighted by molar-refractivity contribution is -0.137. The van der Waals surface area contributed by atoms with Crippen molar-refractivity contribution in [2.24, 2.45) is 7.05 Å². The van der Waals surface area contributed by atoms with E-state index in [0.717, 1.165) is 17.8 Å². The molecule has 3 rings (SSSR count). The third-order valence-electron chi connectivity index (χ3n) is 4.88. The summed E-state index contributed by atoms with van der Waals surface area (Å²) in [5, 5.41) is 4.06. The standard InChI is InChI=1S/C17H19F3N2O3S/c1-16(7-9-25-15(11-16)14-6-8-21-22(14)2)26(23,24)13-5-3-4-12(10-13)17(18,19)20/h3-6,8,10,15H,7,9,11H2,1-2H3. The zero-order valence-electron chi connectivity index (χ0n) is 14.3. The zero-order valence-corrected chi connectivity index (χ0v) is 15.1. The third-order valence-corrected chi connectivity index (χ3v) is 7.42. The zero-order chi connectivity index (χ0) is 19.2. The van der Waals surface area contributed by atoms with Gasteiger partial charge in [0.15, 0.2) is 9.84 Å². The van der Waals surface area contributed by atoms with Crippen molar-refractivity contribution in [2.45, 2.75) is 41.7 Å². The average Bonchev–Trinajstić information content (AvgIpc) is 3.00. The molecule has 1 saturated heterocycles. The number of hydrogen-bond acceptors (Lipinski definition) is 4. The van der Waals surface area contributed by atoms with Crippen molar-refractivity contribution in [3.8, 4) is 0 Å². The van der Waals surface area contributed by atoms with Crippen LogP contribution in [0.5, 0.6) is 0 Å². The van der Waals surface area contributed by atoms with Crippen molar-refractivity contribution in [3.63, 3.8) is 0 Å². The molecule has 1 fully saturated rings. The van der Waals surface area contributed by atoms with Crippen LogP contribution in [-0.2, 0) is 27.8 Å². The number of rotatable bonds is 3. The Labute approximate surface area is 149 Å². The van der Waals surface area contributed by atoms with Crippen molar-refractivity contribution >= 4 is 9.84 Å². The van der Waals surface area contributed by atoms with Gasteiger partial charge in [0.2, 0.25) is 0 Å². The van der Waals surface area contributed by atoms with E-state index in [1.807, 2.05) is 0 Å². The fraction of sp³-hybridized carbons (Fsp3) is 0.471. The first-order valence-electron chi connectivity index (χ1n) is 8.06. The molecule has 2 atom stereocenters.